The van der Waals surface area contributed by atoms with Crippen LogP contribution in [0.1, 0.15) is 49.9 Å². The zero-order valence-corrected chi connectivity index (χ0v) is 12.1. The van der Waals surface area contributed by atoms with Gasteiger partial charge in [0.25, 0.3) is 0 Å². The average molecular weight is 281 g/mol. The largest absolute Gasteiger partial charge is 0.475 e. The molecular formula is C14H19NO5. The number of ether oxygens (including phenoxy) is 1. The number of hydrogen-bond donors (Lipinski definition) is 1. The molecule has 1 aromatic rings. The number of carbonyl (C=O) groups is 2. The molecule has 0 bridgehead atoms. The first-order valence-electron chi connectivity index (χ1n) is 6.46. The lowest BCUT2D eigenvalue weighted by Gasteiger charge is -2.29. The smallest absolute Gasteiger partial charge is 0.410 e. The molecule has 0 unspecified atom stereocenters. The Morgan fingerprint density at radius 2 is 1.95 bits per heavy atom. The van der Waals surface area contributed by atoms with Gasteiger partial charge in [0.05, 0.1) is 0 Å². The fourth-order valence-electron chi connectivity index (χ4n) is 2.07. The van der Waals surface area contributed by atoms with E-state index in [2.05, 4.69) is 0 Å². The van der Waals surface area contributed by atoms with Crippen molar-refractivity contribution in [3.8, 4) is 0 Å². The lowest BCUT2D eigenvalue weighted by Crippen LogP contribution is -2.40. The Kier molecular flexibility index (Phi) is 3.28. The highest BCUT2D eigenvalue weighted by Crippen LogP contribution is 2.51. The van der Waals surface area contributed by atoms with Gasteiger partial charge in [0.15, 0.2) is 0 Å². The number of aromatic carboxylic acids is 1. The number of carboxylic acids is 1. The first kappa shape index (κ1) is 14.4. The molecule has 0 aliphatic heterocycles. The fourth-order valence-corrected chi connectivity index (χ4v) is 2.07. The van der Waals surface area contributed by atoms with Crippen LogP contribution in [-0.4, -0.2) is 34.7 Å². The maximum atomic E-state index is 12.1. The van der Waals surface area contributed by atoms with Crippen LogP contribution in [0.5, 0.6) is 0 Å². The van der Waals surface area contributed by atoms with Crippen molar-refractivity contribution in [1.82, 2.24) is 4.90 Å². The zero-order chi connectivity index (χ0) is 15.1. The highest BCUT2D eigenvalue weighted by atomic mass is 16.6. The highest BCUT2D eigenvalue weighted by Gasteiger charge is 2.53. The van der Waals surface area contributed by atoms with Gasteiger partial charge in [-0.1, -0.05) is 0 Å². The van der Waals surface area contributed by atoms with Gasteiger partial charge in [0.2, 0.25) is 5.76 Å². The molecule has 1 saturated carbocycles. The molecule has 110 valence electrons. The first-order valence-corrected chi connectivity index (χ1v) is 6.46. The van der Waals surface area contributed by atoms with E-state index in [1.54, 1.807) is 33.9 Å². The standard InChI is InChI=1S/C14H19NO5/c1-13(2,3)20-12(18)15(4)14(7-8-14)10-6-5-9(19-10)11(16)17/h5-6H,7-8H2,1-4H3,(H,16,17). The van der Waals surface area contributed by atoms with Gasteiger partial charge < -0.3 is 14.3 Å². The Bertz CT molecular complexity index is 536. The summed E-state index contributed by atoms with van der Waals surface area (Å²) in [4.78, 5) is 24.4. The minimum absolute atomic E-state index is 0.121. The zero-order valence-electron chi connectivity index (χ0n) is 12.1. The number of amides is 1. The van der Waals surface area contributed by atoms with E-state index in [1.807, 2.05) is 0 Å². The number of rotatable bonds is 3. The molecule has 1 aliphatic rings. The van der Waals surface area contributed by atoms with E-state index in [-0.39, 0.29) is 5.76 Å². The molecule has 1 aromatic heterocycles. The van der Waals surface area contributed by atoms with E-state index in [1.165, 1.54) is 11.0 Å². The SMILES string of the molecule is CN(C(=O)OC(C)(C)C)C1(c2ccc(C(=O)O)o2)CC1. The Labute approximate surface area is 117 Å². The van der Waals surface area contributed by atoms with E-state index in [4.69, 9.17) is 14.3 Å². The van der Waals surface area contributed by atoms with E-state index in [9.17, 15) is 9.59 Å². The molecule has 0 saturated heterocycles. The van der Waals surface area contributed by atoms with Crippen molar-refractivity contribution in [1.29, 1.82) is 0 Å². The summed E-state index contributed by atoms with van der Waals surface area (Å²) in [5.74, 6) is -0.751. The van der Waals surface area contributed by atoms with Crippen LogP contribution >= 0.6 is 0 Å². The van der Waals surface area contributed by atoms with Gasteiger partial charge in [-0.15, -0.1) is 0 Å². The van der Waals surface area contributed by atoms with Crippen LogP contribution in [0.4, 0.5) is 4.79 Å². The molecule has 20 heavy (non-hydrogen) atoms. The van der Waals surface area contributed by atoms with Gasteiger partial charge >= 0.3 is 12.1 Å². The topological polar surface area (TPSA) is 80.0 Å². The summed E-state index contributed by atoms with van der Waals surface area (Å²) in [6, 6.07) is 3.01. The minimum atomic E-state index is -1.12. The second-order valence-electron chi connectivity index (χ2n) is 6.04. The van der Waals surface area contributed by atoms with E-state index in [0.717, 1.165) is 12.8 Å². The molecule has 1 heterocycles. The van der Waals surface area contributed by atoms with E-state index >= 15 is 0 Å². The summed E-state index contributed by atoms with van der Waals surface area (Å²) in [6.07, 6.45) is 1.02. The lowest BCUT2D eigenvalue weighted by atomic mass is 10.1. The average Bonchev–Trinajstić information content (AvgIpc) is 2.95. The van der Waals surface area contributed by atoms with Gasteiger partial charge in [-0.2, -0.15) is 0 Å². The van der Waals surface area contributed by atoms with Crippen molar-refractivity contribution >= 4 is 12.1 Å². The molecular weight excluding hydrogens is 262 g/mol. The van der Waals surface area contributed by atoms with Crippen LogP contribution in [0, 0.1) is 0 Å². The monoisotopic (exact) mass is 281 g/mol. The van der Waals surface area contributed by atoms with E-state index in [0.29, 0.717) is 5.76 Å². The van der Waals surface area contributed by atoms with Gasteiger partial charge in [0.1, 0.15) is 16.9 Å². The minimum Gasteiger partial charge on any atom is -0.475 e. The number of nitrogens with zero attached hydrogens (tertiary/aromatic N) is 1. The molecule has 1 fully saturated rings. The quantitative estimate of drug-likeness (QED) is 0.921. The van der Waals surface area contributed by atoms with Crippen LogP contribution in [-0.2, 0) is 10.3 Å². The Morgan fingerprint density at radius 3 is 2.35 bits per heavy atom. The van der Waals surface area contributed by atoms with Crippen LogP contribution in [0.15, 0.2) is 16.5 Å². The molecule has 0 spiro atoms. The predicted molar refractivity (Wildman–Crippen MR) is 70.6 cm³/mol. The number of furan rings is 1. The Morgan fingerprint density at radius 1 is 1.35 bits per heavy atom. The summed E-state index contributed by atoms with van der Waals surface area (Å²) < 4.78 is 10.7. The third kappa shape index (κ3) is 2.64. The fraction of sp³-hybridized carbons (Fsp3) is 0.571. The maximum Gasteiger partial charge on any atom is 0.410 e. The van der Waals surface area contributed by atoms with Crippen molar-refractivity contribution in [2.75, 3.05) is 7.05 Å². The molecule has 6 nitrogen and oxygen atoms in total. The summed E-state index contributed by atoms with van der Waals surface area (Å²) in [6.45, 7) is 5.40. The molecule has 2 rings (SSSR count). The summed E-state index contributed by atoms with van der Waals surface area (Å²) in [7, 11) is 1.64. The van der Waals surface area contributed by atoms with Crippen LogP contribution in [0.3, 0.4) is 0 Å². The van der Waals surface area contributed by atoms with Gasteiger partial charge in [0, 0.05) is 7.05 Å². The third-order valence-electron chi connectivity index (χ3n) is 3.31. The number of hydrogen-bond acceptors (Lipinski definition) is 4. The van der Waals surface area contributed by atoms with Gasteiger partial charge in [-0.05, 0) is 45.7 Å². The van der Waals surface area contributed by atoms with Crippen molar-refractivity contribution in [3.05, 3.63) is 23.7 Å². The summed E-state index contributed by atoms with van der Waals surface area (Å²) in [5, 5.41) is 8.89. The molecule has 1 aliphatic carbocycles. The van der Waals surface area contributed by atoms with E-state index < -0.39 is 23.2 Å². The van der Waals surface area contributed by atoms with Crippen molar-refractivity contribution in [2.24, 2.45) is 0 Å². The van der Waals surface area contributed by atoms with Crippen molar-refractivity contribution in [3.63, 3.8) is 0 Å². The van der Waals surface area contributed by atoms with Gasteiger partial charge in [-0.25, -0.2) is 9.59 Å². The highest BCUT2D eigenvalue weighted by molar-refractivity contribution is 5.84. The van der Waals surface area contributed by atoms with Crippen LogP contribution in [0.25, 0.3) is 0 Å². The van der Waals surface area contributed by atoms with Gasteiger partial charge in [-0.3, -0.25) is 4.90 Å². The lowest BCUT2D eigenvalue weighted by molar-refractivity contribution is 0.0166. The second-order valence-corrected chi connectivity index (χ2v) is 6.04. The summed E-state index contributed by atoms with van der Waals surface area (Å²) >= 11 is 0. The van der Waals surface area contributed by atoms with Crippen LogP contribution in [0.2, 0.25) is 0 Å². The number of carbonyl (C=O) groups excluding carboxylic acids is 1. The second kappa shape index (κ2) is 4.54. The molecule has 0 atom stereocenters. The molecule has 6 heteroatoms. The third-order valence-corrected chi connectivity index (χ3v) is 3.31. The van der Waals surface area contributed by atoms with Crippen molar-refractivity contribution < 1.29 is 23.8 Å². The van der Waals surface area contributed by atoms with Crippen LogP contribution < -0.4 is 0 Å². The molecule has 1 N–H and O–H groups in total. The molecule has 1 amide bonds. The maximum absolute atomic E-state index is 12.1. The summed E-state index contributed by atoms with van der Waals surface area (Å²) in [5.41, 5.74) is -1.15. The van der Waals surface area contributed by atoms with Crippen molar-refractivity contribution in [2.45, 2.75) is 44.8 Å². The first-order chi connectivity index (χ1) is 9.16. The molecule has 0 aromatic carbocycles. The Hall–Kier alpha value is -1.98. The predicted octanol–water partition coefficient (Wildman–Crippen LogP) is 2.83. The number of carboxylic acid groups (broad SMARTS) is 1. The molecule has 0 radical (unpaired) electrons. The Balaban J connectivity index is 2.17. The normalized spacial score (nSPS) is 16.6.